The molecular weight excluding hydrogens is 290 g/mol. The van der Waals surface area contributed by atoms with Crippen LogP contribution in [0.25, 0.3) is 0 Å². The Morgan fingerprint density at radius 2 is 1.90 bits per heavy atom. The van der Waals surface area contributed by atoms with Crippen LogP contribution in [0.15, 0.2) is 29.4 Å². The smallest absolute Gasteiger partial charge is 0.238 e. The summed E-state index contributed by atoms with van der Waals surface area (Å²) in [7, 11) is -1.83. The zero-order valence-electron chi connectivity index (χ0n) is 12.3. The van der Waals surface area contributed by atoms with E-state index in [1.165, 1.54) is 12.1 Å². The van der Waals surface area contributed by atoms with Crippen LogP contribution < -0.4 is 9.88 Å². The first-order valence-electron chi connectivity index (χ1n) is 6.52. The van der Waals surface area contributed by atoms with E-state index < -0.39 is 10.0 Å². The average molecular weight is 309 g/mol. The minimum Gasteiger partial charge on any atom is -0.493 e. The third-order valence-corrected chi connectivity index (χ3v) is 4.05. The van der Waals surface area contributed by atoms with Crippen LogP contribution in [0.5, 0.6) is 5.75 Å². The maximum atomic E-state index is 11.4. The fraction of sp³-hybridized carbons (Fsp3) is 0.357. The van der Waals surface area contributed by atoms with Gasteiger partial charge in [0, 0.05) is 19.7 Å². The molecule has 0 fully saturated rings. The number of primary sulfonamides is 1. The van der Waals surface area contributed by atoms with Crippen LogP contribution in [-0.2, 0) is 23.5 Å². The van der Waals surface area contributed by atoms with Crippen molar-refractivity contribution in [3.8, 4) is 5.75 Å². The van der Waals surface area contributed by atoms with E-state index in [0.717, 1.165) is 23.1 Å². The van der Waals surface area contributed by atoms with Crippen molar-refractivity contribution >= 4 is 10.0 Å². The molecule has 0 saturated carbocycles. The molecule has 7 heteroatoms. The van der Waals surface area contributed by atoms with Crippen molar-refractivity contribution in [3.63, 3.8) is 0 Å². The van der Waals surface area contributed by atoms with Gasteiger partial charge in [0.15, 0.2) is 0 Å². The van der Waals surface area contributed by atoms with Crippen molar-refractivity contribution in [3.05, 3.63) is 41.2 Å². The highest BCUT2D eigenvalue weighted by Gasteiger charge is 2.13. The Bertz CT molecular complexity index is 728. The number of benzene rings is 1. The van der Waals surface area contributed by atoms with Gasteiger partial charge < -0.3 is 4.74 Å². The quantitative estimate of drug-likeness (QED) is 0.902. The fourth-order valence-electron chi connectivity index (χ4n) is 2.17. The number of hydrogen-bond donors (Lipinski definition) is 1. The minimum absolute atomic E-state index is 0.108. The molecule has 1 aromatic carbocycles. The topological polar surface area (TPSA) is 87.2 Å². The number of rotatable bonds is 5. The van der Waals surface area contributed by atoms with Crippen molar-refractivity contribution in [1.82, 2.24) is 9.78 Å². The first-order chi connectivity index (χ1) is 9.77. The summed E-state index contributed by atoms with van der Waals surface area (Å²) >= 11 is 0. The van der Waals surface area contributed by atoms with Gasteiger partial charge in [-0.2, -0.15) is 5.10 Å². The molecule has 114 valence electrons. The van der Waals surface area contributed by atoms with Gasteiger partial charge >= 0.3 is 0 Å². The van der Waals surface area contributed by atoms with Crippen LogP contribution in [0, 0.1) is 13.8 Å². The zero-order chi connectivity index (χ0) is 15.6. The summed E-state index contributed by atoms with van der Waals surface area (Å²) < 4.78 is 30.3. The Hall–Kier alpha value is -1.86. The molecule has 0 aliphatic heterocycles. The van der Waals surface area contributed by atoms with E-state index >= 15 is 0 Å². The number of hydrogen-bond acceptors (Lipinski definition) is 4. The summed E-state index contributed by atoms with van der Waals surface area (Å²) in [6, 6.07) is 3.06. The molecule has 2 N–H and O–H groups in total. The highest BCUT2D eigenvalue weighted by atomic mass is 32.2. The predicted octanol–water partition coefficient (Wildman–Crippen LogP) is 1.31. The molecule has 0 aliphatic carbocycles. The lowest BCUT2D eigenvalue weighted by Gasteiger charge is -2.13. The molecule has 1 heterocycles. The lowest BCUT2D eigenvalue weighted by Crippen LogP contribution is -2.13. The molecule has 21 heavy (non-hydrogen) atoms. The van der Waals surface area contributed by atoms with Gasteiger partial charge in [-0.05, 0) is 42.7 Å². The number of aryl methyl sites for hydroxylation is 3. The molecule has 0 unspecified atom stereocenters. The van der Waals surface area contributed by atoms with Crippen LogP contribution in [0.2, 0.25) is 0 Å². The molecule has 0 bridgehead atoms. The number of aromatic nitrogens is 2. The van der Waals surface area contributed by atoms with Crippen LogP contribution in [-0.4, -0.2) is 24.8 Å². The van der Waals surface area contributed by atoms with E-state index in [4.69, 9.17) is 9.88 Å². The minimum atomic E-state index is -3.69. The molecule has 0 spiro atoms. The van der Waals surface area contributed by atoms with Gasteiger partial charge in [0.2, 0.25) is 10.0 Å². The van der Waals surface area contributed by atoms with E-state index in [-0.39, 0.29) is 4.90 Å². The summed E-state index contributed by atoms with van der Waals surface area (Å²) in [5.74, 6) is 0.700. The van der Waals surface area contributed by atoms with Crippen LogP contribution in [0.3, 0.4) is 0 Å². The van der Waals surface area contributed by atoms with E-state index in [9.17, 15) is 8.42 Å². The number of ether oxygens (including phenoxy) is 1. The molecule has 0 amide bonds. The monoisotopic (exact) mass is 309 g/mol. The van der Waals surface area contributed by atoms with Gasteiger partial charge in [0.25, 0.3) is 0 Å². The summed E-state index contributed by atoms with van der Waals surface area (Å²) in [6.45, 7) is 4.12. The molecule has 6 nitrogen and oxygen atoms in total. The Morgan fingerprint density at radius 1 is 1.29 bits per heavy atom. The fourth-order valence-corrected chi connectivity index (χ4v) is 2.86. The SMILES string of the molecule is Cc1cc(S(N)(=O)=O)cc(C)c1OCCc1cnn(C)c1. The number of sulfonamides is 1. The van der Waals surface area contributed by atoms with Crippen molar-refractivity contribution in [2.45, 2.75) is 25.2 Å². The molecule has 2 aromatic rings. The molecule has 2 rings (SSSR count). The second kappa shape index (κ2) is 5.87. The van der Waals surface area contributed by atoms with Crippen molar-refractivity contribution in [2.24, 2.45) is 12.2 Å². The lowest BCUT2D eigenvalue weighted by molar-refractivity contribution is 0.317. The number of nitrogens with two attached hydrogens (primary N) is 1. The number of nitrogens with zero attached hydrogens (tertiary/aromatic N) is 2. The van der Waals surface area contributed by atoms with Crippen LogP contribution in [0.1, 0.15) is 16.7 Å². The summed E-state index contributed by atoms with van der Waals surface area (Å²) in [5, 5.41) is 9.24. The van der Waals surface area contributed by atoms with Gasteiger partial charge in [-0.3, -0.25) is 4.68 Å². The Morgan fingerprint density at radius 3 is 2.38 bits per heavy atom. The van der Waals surface area contributed by atoms with Crippen molar-refractivity contribution in [1.29, 1.82) is 0 Å². The second-order valence-corrected chi connectivity index (χ2v) is 6.61. The lowest BCUT2D eigenvalue weighted by atomic mass is 10.1. The maximum Gasteiger partial charge on any atom is 0.238 e. The highest BCUT2D eigenvalue weighted by Crippen LogP contribution is 2.26. The predicted molar refractivity (Wildman–Crippen MR) is 79.7 cm³/mol. The maximum absolute atomic E-state index is 11.4. The van der Waals surface area contributed by atoms with Crippen molar-refractivity contribution in [2.75, 3.05) is 6.61 Å². The first-order valence-corrected chi connectivity index (χ1v) is 8.06. The summed E-state index contributed by atoms with van der Waals surface area (Å²) in [5.41, 5.74) is 2.60. The third-order valence-electron chi connectivity index (χ3n) is 3.16. The molecule has 0 saturated heterocycles. The van der Waals surface area contributed by atoms with E-state index in [1.54, 1.807) is 24.7 Å². The normalized spacial score (nSPS) is 11.6. The van der Waals surface area contributed by atoms with Crippen LogP contribution >= 0.6 is 0 Å². The molecule has 0 aliphatic rings. The Kier molecular flexibility index (Phi) is 4.34. The molecular formula is C14H19N3O3S. The second-order valence-electron chi connectivity index (χ2n) is 5.05. The van der Waals surface area contributed by atoms with E-state index in [0.29, 0.717) is 12.4 Å². The van der Waals surface area contributed by atoms with Gasteiger partial charge in [-0.25, -0.2) is 13.6 Å². The van der Waals surface area contributed by atoms with Crippen LogP contribution in [0.4, 0.5) is 0 Å². The first kappa shape index (κ1) is 15.5. The summed E-state index contributed by atoms with van der Waals surface area (Å²) in [4.78, 5) is 0.108. The highest BCUT2D eigenvalue weighted by molar-refractivity contribution is 7.89. The molecule has 0 radical (unpaired) electrons. The van der Waals surface area contributed by atoms with Gasteiger partial charge in [0.1, 0.15) is 5.75 Å². The third kappa shape index (κ3) is 3.83. The largest absolute Gasteiger partial charge is 0.493 e. The average Bonchev–Trinajstić information content (AvgIpc) is 2.77. The van der Waals surface area contributed by atoms with E-state index in [2.05, 4.69) is 5.10 Å². The standard InChI is InChI=1S/C14H19N3O3S/c1-10-6-13(21(15,18)19)7-11(2)14(10)20-5-4-12-8-16-17(3)9-12/h6-9H,4-5H2,1-3H3,(H2,15,18,19). The van der Waals surface area contributed by atoms with Gasteiger partial charge in [-0.15, -0.1) is 0 Å². The van der Waals surface area contributed by atoms with Crippen molar-refractivity contribution < 1.29 is 13.2 Å². The molecule has 1 aromatic heterocycles. The zero-order valence-corrected chi connectivity index (χ0v) is 13.1. The Labute approximate surface area is 124 Å². The van der Waals surface area contributed by atoms with Gasteiger partial charge in [0.05, 0.1) is 17.7 Å². The van der Waals surface area contributed by atoms with E-state index in [1.807, 2.05) is 13.2 Å². The van der Waals surface area contributed by atoms with Gasteiger partial charge in [-0.1, -0.05) is 0 Å². The Balaban J connectivity index is 2.10. The summed E-state index contributed by atoms with van der Waals surface area (Å²) in [6.07, 6.45) is 4.48. The molecule has 0 atom stereocenters.